The molecule has 1 saturated heterocycles. The van der Waals surface area contributed by atoms with Gasteiger partial charge in [-0.05, 0) is 39.2 Å². The summed E-state index contributed by atoms with van der Waals surface area (Å²) >= 11 is 0. The number of carbonyl (C=O) groups is 1. The first-order valence-corrected chi connectivity index (χ1v) is 7.09. The predicted octanol–water partition coefficient (Wildman–Crippen LogP) is 1.98. The van der Waals surface area contributed by atoms with Crippen LogP contribution < -0.4 is 0 Å². The normalized spacial score (nSPS) is 22.6. The van der Waals surface area contributed by atoms with Gasteiger partial charge in [0.2, 0.25) is 0 Å². The molecule has 0 spiro atoms. The molecule has 1 amide bonds. The molecule has 1 aliphatic rings. The monoisotopic (exact) mass is 277 g/mol. The molecule has 110 valence electrons. The molecule has 1 fully saturated rings. The molecule has 1 aromatic heterocycles. The molecule has 0 radical (unpaired) electrons. The van der Waals surface area contributed by atoms with Crippen LogP contribution in [0.15, 0.2) is 23.9 Å². The number of hydrogen-bond donors (Lipinski definition) is 2. The molecule has 0 saturated carbocycles. The van der Waals surface area contributed by atoms with Crippen molar-refractivity contribution in [3.63, 3.8) is 0 Å². The number of nitrogens with zero attached hydrogens (tertiary/aromatic N) is 2. The molecule has 2 heterocycles. The van der Waals surface area contributed by atoms with Gasteiger partial charge in [0.1, 0.15) is 5.69 Å². The van der Waals surface area contributed by atoms with Crippen LogP contribution in [0, 0.1) is 5.41 Å². The fourth-order valence-corrected chi connectivity index (χ4v) is 2.71. The fourth-order valence-electron chi connectivity index (χ4n) is 2.71. The summed E-state index contributed by atoms with van der Waals surface area (Å²) in [6, 6.07) is 1.69. The number of piperidine rings is 1. The molecule has 0 aliphatic carbocycles. The van der Waals surface area contributed by atoms with Crippen molar-refractivity contribution in [1.29, 1.82) is 0 Å². The Morgan fingerprint density at radius 2 is 2.40 bits per heavy atom. The molecule has 20 heavy (non-hydrogen) atoms. The number of aliphatic hydroxyl groups excluding tert-OH is 1. The Hall–Kier alpha value is -1.62. The van der Waals surface area contributed by atoms with Crippen LogP contribution in [0.3, 0.4) is 0 Å². The van der Waals surface area contributed by atoms with E-state index in [1.807, 2.05) is 4.90 Å². The van der Waals surface area contributed by atoms with Crippen molar-refractivity contribution >= 4 is 5.91 Å². The summed E-state index contributed by atoms with van der Waals surface area (Å²) in [5, 5.41) is 16.3. The van der Waals surface area contributed by atoms with E-state index in [2.05, 4.69) is 30.1 Å². The van der Waals surface area contributed by atoms with Crippen molar-refractivity contribution < 1.29 is 9.90 Å². The third kappa shape index (κ3) is 3.28. The van der Waals surface area contributed by atoms with Gasteiger partial charge in [-0.3, -0.25) is 9.89 Å². The highest BCUT2D eigenvalue weighted by atomic mass is 16.3. The van der Waals surface area contributed by atoms with Gasteiger partial charge in [0.15, 0.2) is 0 Å². The van der Waals surface area contributed by atoms with Crippen molar-refractivity contribution in [2.75, 3.05) is 19.7 Å². The average Bonchev–Trinajstić information content (AvgIpc) is 2.99. The van der Waals surface area contributed by atoms with E-state index in [0.717, 1.165) is 25.8 Å². The Bertz CT molecular complexity index is 477. The second kappa shape index (κ2) is 6.22. The molecule has 1 aliphatic heterocycles. The first kappa shape index (κ1) is 14.8. The average molecular weight is 277 g/mol. The van der Waals surface area contributed by atoms with Gasteiger partial charge < -0.3 is 10.0 Å². The van der Waals surface area contributed by atoms with E-state index in [1.54, 1.807) is 12.3 Å². The topological polar surface area (TPSA) is 69.2 Å². The van der Waals surface area contributed by atoms with Crippen LogP contribution in [0.2, 0.25) is 0 Å². The van der Waals surface area contributed by atoms with Gasteiger partial charge in [0, 0.05) is 24.7 Å². The number of carbonyl (C=O) groups excluding carboxylic acids is 1. The largest absolute Gasteiger partial charge is 0.396 e. The summed E-state index contributed by atoms with van der Waals surface area (Å²) in [5.41, 5.74) is 1.56. The van der Waals surface area contributed by atoms with Gasteiger partial charge in [0.25, 0.3) is 5.91 Å². The fraction of sp³-hybridized carbons (Fsp3) is 0.600. The molecule has 1 aromatic rings. The lowest BCUT2D eigenvalue weighted by molar-refractivity contribution is 0.0280. The smallest absolute Gasteiger partial charge is 0.271 e. The van der Waals surface area contributed by atoms with Crippen LogP contribution in [0.1, 0.15) is 43.6 Å². The van der Waals surface area contributed by atoms with Gasteiger partial charge >= 0.3 is 0 Å². The Morgan fingerprint density at radius 3 is 3.00 bits per heavy atom. The minimum absolute atomic E-state index is 0.0303. The summed E-state index contributed by atoms with van der Waals surface area (Å²) in [4.78, 5) is 14.2. The summed E-state index contributed by atoms with van der Waals surface area (Å²) in [6.07, 6.45) is 6.44. The number of aromatic amines is 1. The van der Waals surface area contributed by atoms with Crippen molar-refractivity contribution in [2.45, 2.75) is 33.1 Å². The van der Waals surface area contributed by atoms with Gasteiger partial charge in [-0.2, -0.15) is 5.10 Å². The highest BCUT2D eigenvalue weighted by molar-refractivity contribution is 5.92. The number of amides is 1. The van der Waals surface area contributed by atoms with Gasteiger partial charge in [-0.15, -0.1) is 0 Å². The van der Waals surface area contributed by atoms with Crippen molar-refractivity contribution in [2.24, 2.45) is 5.41 Å². The summed E-state index contributed by atoms with van der Waals surface area (Å²) in [6.45, 7) is 5.58. The Balaban J connectivity index is 2.10. The molecular formula is C15H23N3O2. The van der Waals surface area contributed by atoms with E-state index in [4.69, 9.17) is 0 Å². The lowest BCUT2D eigenvalue weighted by atomic mass is 9.77. The minimum atomic E-state index is -0.203. The zero-order chi connectivity index (χ0) is 14.6. The van der Waals surface area contributed by atoms with E-state index in [-0.39, 0.29) is 17.9 Å². The molecule has 5 heteroatoms. The molecular weight excluding hydrogens is 254 g/mol. The Kier molecular flexibility index (Phi) is 4.60. The predicted molar refractivity (Wildman–Crippen MR) is 77.3 cm³/mol. The molecule has 0 unspecified atom stereocenters. The van der Waals surface area contributed by atoms with Crippen molar-refractivity contribution in [3.8, 4) is 0 Å². The number of rotatable bonds is 4. The number of aliphatic hydroxyl groups is 1. The van der Waals surface area contributed by atoms with E-state index >= 15 is 0 Å². The highest BCUT2D eigenvalue weighted by Gasteiger charge is 2.36. The maximum absolute atomic E-state index is 12.4. The van der Waals surface area contributed by atoms with Gasteiger partial charge in [0.05, 0.1) is 6.61 Å². The van der Waals surface area contributed by atoms with Crippen LogP contribution in [0.25, 0.3) is 0 Å². The third-order valence-electron chi connectivity index (χ3n) is 3.96. The maximum Gasteiger partial charge on any atom is 0.271 e. The summed E-state index contributed by atoms with van der Waals surface area (Å²) in [7, 11) is 0. The van der Waals surface area contributed by atoms with Gasteiger partial charge in [-0.1, -0.05) is 11.6 Å². The molecule has 1 atom stereocenters. The molecule has 0 bridgehead atoms. The van der Waals surface area contributed by atoms with Crippen LogP contribution in [0.4, 0.5) is 0 Å². The highest BCUT2D eigenvalue weighted by Crippen LogP contribution is 2.34. The maximum atomic E-state index is 12.4. The molecule has 0 aromatic carbocycles. The number of aromatic nitrogens is 2. The summed E-state index contributed by atoms with van der Waals surface area (Å²) in [5.74, 6) is -0.0303. The van der Waals surface area contributed by atoms with Crippen LogP contribution in [-0.2, 0) is 0 Å². The molecule has 2 N–H and O–H groups in total. The van der Waals surface area contributed by atoms with E-state index in [9.17, 15) is 9.90 Å². The second-order valence-corrected chi connectivity index (χ2v) is 5.94. The van der Waals surface area contributed by atoms with E-state index < -0.39 is 0 Å². The number of H-pyrrole nitrogens is 1. The first-order chi connectivity index (χ1) is 9.56. The quantitative estimate of drug-likeness (QED) is 0.827. The number of hydrogen-bond acceptors (Lipinski definition) is 3. The standard InChI is InChI=1S/C15H23N3O2/c1-12(2)4-7-15(11-19)6-3-9-18(10-15)14(20)13-5-8-16-17-13/h4-5,8,19H,3,6-7,9-11H2,1-2H3,(H,16,17)/t15-/m1/s1. The van der Waals surface area contributed by atoms with E-state index in [0.29, 0.717) is 12.2 Å². The van der Waals surface area contributed by atoms with Crippen LogP contribution in [-0.4, -0.2) is 45.8 Å². The molecule has 5 nitrogen and oxygen atoms in total. The van der Waals surface area contributed by atoms with Gasteiger partial charge in [-0.25, -0.2) is 0 Å². The zero-order valence-electron chi connectivity index (χ0n) is 12.2. The number of allylic oxidation sites excluding steroid dienone is 2. The SMILES string of the molecule is CC(C)=CC[C@]1(CO)CCCN(C(=O)c2ccn[nH]2)C1. The number of nitrogens with one attached hydrogen (secondary N) is 1. The third-order valence-corrected chi connectivity index (χ3v) is 3.96. The second-order valence-electron chi connectivity index (χ2n) is 5.94. The lowest BCUT2D eigenvalue weighted by Crippen LogP contribution is -2.47. The minimum Gasteiger partial charge on any atom is -0.396 e. The number of likely N-dealkylation sites (tertiary alicyclic amines) is 1. The molecule has 2 rings (SSSR count). The van der Waals surface area contributed by atoms with Crippen molar-refractivity contribution in [3.05, 3.63) is 29.6 Å². The van der Waals surface area contributed by atoms with Crippen LogP contribution >= 0.6 is 0 Å². The summed E-state index contributed by atoms with van der Waals surface area (Å²) < 4.78 is 0. The van der Waals surface area contributed by atoms with Crippen molar-refractivity contribution in [1.82, 2.24) is 15.1 Å². The lowest BCUT2D eigenvalue weighted by Gasteiger charge is -2.41. The van der Waals surface area contributed by atoms with E-state index in [1.165, 1.54) is 5.57 Å². The van der Waals surface area contributed by atoms with Crippen LogP contribution in [0.5, 0.6) is 0 Å². The first-order valence-electron chi connectivity index (χ1n) is 7.09. The zero-order valence-corrected chi connectivity index (χ0v) is 12.2. The Labute approximate surface area is 119 Å². The Morgan fingerprint density at radius 1 is 1.60 bits per heavy atom.